The number of aliphatic hydroxyl groups is 1. The fourth-order valence-electron chi connectivity index (χ4n) is 1.96. The SMILES string of the molecule is [2H][C@H]1[C@H](CCO)[C@@]1(N)Cc1ccccc1. The molecule has 76 valence electrons. The Hall–Kier alpha value is -0.860. The molecule has 2 heteroatoms. The van der Waals surface area contributed by atoms with Gasteiger partial charge in [-0.25, -0.2) is 0 Å². The van der Waals surface area contributed by atoms with E-state index in [-0.39, 0.29) is 18.9 Å². The van der Waals surface area contributed by atoms with Gasteiger partial charge in [0.2, 0.25) is 0 Å². The third-order valence-corrected chi connectivity index (χ3v) is 2.89. The van der Waals surface area contributed by atoms with Gasteiger partial charge in [-0.3, -0.25) is 0 Å². The first-order valence-corrected chi connectivity index (χ1v) is 5.04. The molecule has 3 N–H and O–H groups in total. The predicted molar refractivity (Wildman–Crippen MR) is 56.9 cm³/mol. The molecule has 1 fully saturated rings. The lowest BCUT2D eigenvalue weighted by Gasteiger charge is -2.10. The summed E-state index contributed by atoms with van der Waals surface area (Å²) in [6, 6.07) is 10.0. The second-order valence-corrected chi connectivity index (χ2v) is 4.06. The van der Waals surface area contributed by atoms with E-state index in [2.05, 4.69) is 0 Å². The van der Waals surface area contributed by atoms with Gasteiger partial charge < -0.3 is 10.8 Å². The van der Waals surface area contributed by atoms with Crippen molar-refractivity contribution in [2.45, 2.75) is 24.8 Å². The molecule has 2 nitrogen and oxygen atoms in total. The van der Waals surface area contributed by atoms with E-state index in [0.29, 0.717) is 6.42 Å². The van der Waals surface area contributed by atoms with Gasteiger partial charge in [-0.05, 0) is 30.7 Å². The Morgan fingerprint density at radius 1 is 1.50 bits per heavy atom. The van der Waals surface area contributed by atoms with E-state index >= 15 is 0 Å². The normalized spacial score (nSPS) is 36.6. The molecule has 0 saturated heterocycles. The molecule has 0 heterocycles. The van der Waals surface area contributed by atoms with Crippen LogP contribution in [0.15, 0.2) is 30.3 Å². The summed E-state index contributed by atoms with van der Waals surface area (Å²) in [7, 11) is 0. The van der Waals surface area contributed by atoms with Crippen LogP contribution < -0.4 is 5.73 Å². The van der Waals surface area contributed by atoms with E-state index in [1.165, 1.54) is 5.56 Å². The van der Waals surface area contributed by atoms with Crippen molar-refractivity contribution in [3.05, 3.63) is 35.9 Å². The lowest BCUT2D eigenvalue weighted by molar-refractivity contribution is 0.274. The third-order valence-electron chi connectivity index (χ3n) is 2.89. The molecule has 14 heavy (non-hydrogen) atoms. The molecule has 0 unspecified atom stereocenters. The zero-order valence-corrected chi connectivity index (χ0v) is 8.19. The molecule has 0 radical (unpaired) electrons. The summed E-state index contributed by atoms with van der Waals surface area (Å²) in [5.74, 6) is 0.155. The Morgan fingerprint density at radius 3 is 2.86 bits per heavy atom. The first-order valence-electron chi connectivity index (χ1n) is 5.62. The van der Waals surface area contributed by atoms with Crippen LogP contribution in [0.5, 0.6) is 0 Å². The highest BCUT2D eigenvalue weighted by Gasteiger charge is 2.49. The minimum absolute atomic E-state index is 0.133. The molecule has 1 aliphatic carbocycles. The number of hydrogen-bond donors (Lipinski definition) is 2. The van der Waals surface area contributed by atoms with Crippen LogP contribution in [-0.2, 0) is 6.42 Å². The van der Waals surface area contributed by atoms with Crippen molar-refractivity contribution in [1.82, 2.24) is 0 Å². The minimum Gasteiger partial charge on any atom is -0.396 e. The van der Waals surface area contributed by atoms with E-state index in [4.69, 9.17) is 12.2 Å². The molecule has 0 aromatic heterocycles. The molecule has 0 aliphatic heterocycles. The first-order chi connectivity index (χ1) is 7.18. The van der Waals surface area contributed by atoms with Crippen LogP contribution in [0.2, 0.25) is 0 Å². The summed E-state index contributed by atoms with van der Waals surface area (Å²) >= 11 is 0. The van der Waals surface area contributed by atoms with Gasteiger partial charge in [-0.15, -0.1) is 0 Å². The van der Waals surface area contributed by atoms with Gasteiger partial charge >= 0.3 is 0 Å². The van der Waals surface area contributed by atoms with E-state index in [9.17, 15) is 0 Å². The maximum absolute atomic E-state index is 8.85. The van der Waals surface area contributed by atoms with Gasteiger partial charge in [0.25, 0.3) is 0 Å². The van der Waals surface area contributed by atoms with Gasteiger partial charge in [-0.1, -0.05) is 30.3 Å². The molecule has 0 amide bonds. The quantitative estimate of drug-likeness (QED) is 0.756. The molecule has 3 atom stereocenters. The topological polar surface area (TPSA) is 46.2 Å². The molecule has 2 rings (SSSR count). The van der Waals surface area contributed by atoms with Gasteiger partial charge in [-0.2, -0.15) is 0 Å². The highest BCUT2D eigenvalue weighted by molar-refractivity contribution is 5.22. The predicted octanol–water partition coefficient (Wildman–Crippen LogP) is 1.33. The zero-order valence-electron chi connectivity index (χ0n) is 9.19. The summed E-state index contributed by atoms with van der Waals surface area (Å²) in [6.07, 6.45) is 1.18. The van der Waals surface area contributed by atoms with E-state index in [1.54, 1.807) is 0 Å². The molecule has 1 aromatic rings. The lowest BCUT2D eigenvalue weighted by atomic mass is 10.0. The van der Waals surface area contributed by atoms with E-state index in [1.807, 2.05) is 30.3 Å². The van der Waals surface area contributed by atoms with Crippen molar-refractivity contribution in [2.24, 2.45) is 11.7 Å². The monoisotopic (exact) mass is 192 g/mol. The Bertz CT molecular complexity index is 330. The average Bonchev–Trinajstić information content (AvgIpc) is 2.72. The summed E-state index contributed by atoms with van der Waals surface area (Å²) in [5.41, 5.74) is 6.92. The van der Waals surface area contributed by atoms with Crippen LogP contribution in [0.1, 0.15) is 19.8 Å². The Labute approximate surface area is 86.2 Å². The number of rotatable bonds is 4. The zero-order chi connectivity index (χ0) is 10.9. The van der Waals surface area contributed by atoms with Crippen LogP contribution >= 0.6 is 0 Å². The maximum Gasteiger partial charge on any atom is 0.0434 e. The number of benzene rings is 1. The van der Waals surface area contributed by atoms with Crippen LogP contribution in [0, 0.1) is 5.92 Å². The fraction of sp³-hybridized carbons (Fsp3) is 0.500. The molecular weight excluding hydrogens is 174 g/mol. The smallest absolute Gasteiger partial charge is 0.0434 e. The Balaban J connectivity index is 2.01. The lowest BCUT2D eigenvalue weighted by Crippen LogP contribution is -2.28. The molecule has 0 bridgehead atoms. The second-order valence-electron chi connectivity index (χ2n) is 4.06. The van der Waals surface area contributed by atoms with E-state index in [0.717, 1.165) is 6.42 Å². The average molecular weight is 192 g/mol. The number of hydrogen-bond acceptors (Lipinski definition) is 2. The molecular formula is C12H17NO. The van der Waals surface area contributed by atoms with E-state index < -0.39 is 5.54 Å². The van der Waals surface area contributed by atoms with Crippen LogP contribution in [-0.4, -0.2) is 17.3 Å². The van der Waals surface area contributed by atoms with Crippen molar-refractivity contribution >= 4 is 0 Å². The fourth-order valence-corrected chi connectivity index (χ4v) is 1.96. The molecule has 1 aromatic carbocycles. The maximum atomic E-state index is 8.85. The Morgan fingerprint density at radius 2 is 2.21 bits per heavy atom. The summed E-state index contributed by atoms with van der Waals surface area (Å²) in [4.78, 5) is 0. The van der Waals surface area contributed by atoms with Crippen molar-refractivity contribution in [3.63, 3.8) is 0 Å². The molecule has 1 saturated carbocycles. The highest BCUT2D eigenvalue weighted by Crippen LogP contribution is 2.45. The highest BCUT2D eigenvalue weighted by atomic mass is 16.3. The number of aliphatic hydroxyl groups excluding tert-OH is 1. The molecule has 0 spiro atoms. The largest absolute Gasteiger partial charge is 0.396 e. The second kappa shape index (κ2) is 3.71. The molecule has 1 aliphatic rings. The Kier molecular flexibility index (Phi) is 2.24. The van der Waals surface area contributed by atoms with Crippen LogP contribution in [0.25, 0.3) is 0 Å². The summed E-state index contributed by atoms with van der Waals surface area (Å²) in [5, 5.41) is 8.85. The minimum atomic E-state index is -0.413. The van der Waals surface area contributed by atoms with Crippen LogP contribution in [0.4, 0.5) is 0 Å². The van der Waals surface area contributed by atoms with Crippen LogP contribution in [0.3, 0.4) is 0 Å². The standard InChI is InChI=1S/C12H17NO/c13-12(9-11(12)6-7-14)8-10-4-2-1-3-5-10/h1-5,11,14H,6-9,13H2/t11-,12+/m0/s1/i9D/t9-,11-,12+. The summed E-state index contributed by atoms with van der Waals surface area (Å²) < 4.78 is 7.82. The van der Waals surface area contributed by atoms with Gasteiger partial charge in [0.15, 0.2) is 0 Å². The van der Waals surface area contributed by atoms with Crippen molar-refractivity contribution in [3.8, 4) is 0 Å². The van der Waals surface area contributed by atoms with Crippen molar-refractivity contribution in [1.29, 1.82) is 0 Å². The van der Waals surface area contributed by atoms with Gasteiger partial charge in [0.1, 0.15) is 0 Å². The van der Waals surface area contributed by atoms with Crippen molar-refractivity contribution in [2.75, 3.05) is 6.61 Å². The number of nitrogens with two attached hydrogens (primary N) is 1. The first kappa shape index (κ1) is 8.45. The third kappa shape index (κ3) is 1.97. The summed E-state index contributed by atoms with van der Waals surface area (Å²) in [6.45, 7) is 0.133. The van der Waals surface area contributed by atoms with Gasteiger partial charge in [0, 0.05) is 13.5 Å². The van der Waals surface area contributed by atoms with Crippen molar-refractivity contribution < 1.29 is 6.48 Å². The van der Waals surface area contributed by atoms with Gasteiger partial charge in [0.05, 0.1) is 0 Å².